The van der Waals surface area contributed by atoms with Gasteiger partial charge in [-0.05, 0) is 12.0 Å². The zero-order chi connectivity index (χ0) is 12.7. The third-order valence-corrected chi connectivity index (χ3v) is 3.31. The Bertz CT molecular complexity index is 308. The lowest BCUT2D eigenvalue weighted by atomic mass is 10.1. The monoisotopic (exact) mass is 236 g/mol. The highest BCUT2D eigenvalue weighted by Crippen LogP contribution is 2.17. The molecule has 96 valence electrons. The van der Waals surface area contributed by atoms with Gasteiger partial charge in [-0.25, -0.2) is 0 Å². The Morgan fingerprint density at radius 1 is 1.12 bits per heavy atom. The van der Waals surface area contributed by atoms with Crippen molar-refractivity contribution < 1.29 is 9.59 Å². The first-order chi connectivity index (χ1) is 8.05. The number of aliphatic hydroxyl groups excluding tert-OH is 1. The van der Waals surface area contributed by atoms with Crippen molar-refractivity contribution in [1.82, 2.24) is 0 Å². The maximum absolute atomic E-state index is 10.1. The van der Waals surface area contributed by atoms with Crippen molar-refractivity contribution in [3.8, 4) is 0 Å². The highest BCUT2D eigenvalue weighted by molar-refractivity contribution is 5.16. The summed E-state index contributed by atoms with van der Waals surface area (Å²) in [7, 11) is 4.49. The molecule has 0 aliphatic heterocycles. The molecule has 2 heteroatoms. The van der Waals surface area contributed by atoms with Crippen molar-refractivity contribution in [3.05, 3.63) is 35.9 Å². The Labute approximate surface area is 105 Å². The second kappa shape index (κ2) is 6.77. The van der Waals surface area contributed by atoms with Crippen LogP contribution in [0.2, 0.25) is 0 Å². The third kappa shape index (κ3) is 5.33. The van der Waals surface area contributed by atoms with Gasteiger partial charge in [0, 0.05) is 6.42 Å². The summed E-state index contributed by atoms with van der Waals surface area (Å²) in [5, 5.41) is 10.1. The van der Waals surface area contributed by atoms with Crippen molar-refractivity contribution >= 4 is 0 Å². The molecule has 0 heterocycles. The van der Waals surface area contributed by atoms with Crippen molar-refractivity contribution in [2.45, 2.75) is 32.3 Å². The summed E-state index contributed by atoms with van der Waals surface area (Å²) >= 11 is 0. The number of quaternary nitrogens is 1. The highest BCUT2D eigenvalue weighted by Gasteiger charge is 2.17. The fourth-order valence-electron chi connectivity index (χ4n) is 2.01. The van der Waals surface area contributed by atoms with Crippen LogP contribution in [0.15, 0.2) is 30.3 Å². The molecule has 0 aromatic heterocycles. The van der Waals surface area contributed by atoms with Gasteiger partial charge < -0.3 is 9.59 Å². The van der Waals surface area contributed by atoms with Crippen LogP contribution in [0.1, 0.15) is 37.9 Å². The van der Waals surface area contributed by atoms with E-state index in [1.165, 1.54) is 19.4 Å². The zero-order valence-corrected chi connectivity index (χ0v) is 11.4. The molecule has 0 saturated carbocycles. The average Bonchev–Trinajstić information content (AvgIpc) is 2.35. The molecular weight excluding hydrogens is 210 g/mol. The van der Waals surface area contributed by atoms with Gasteiger partial charge in [0.15, 0.2) is 0 Å². The Morgan fingerprint density at radius 3 is 2.35 bits per heavy atom. The Hall–Kier alpha value is -0.860. The minimum atomic E-state index is -0.324. The Balaban J connectivity index is 2.40. The van der Waals surface area contributed by atoms with Crippen LogP contribution in [0.4, 0.5) is 0 Å². The summed E-state index contributed by atoms with van der Waals surface area (Å²) in [5.41, 5.74) is 1.03. The van der Waals surface area contributed by atoms with Gasteiger partial charge in [0.2, 0.25) is 0 Å². The predicted octanol–water partition coefficient (Wildman–Crippen LogP) is 2.99. The fraction of sp³-hybridized carbons (Fsp3) is 0.600. The second-order valence-electron chi connectivity index (χ2n) is 5.45. The molecule has 0 saturated heterocycles. The van der Waals surface area contributed by atoms with Gasteiger partial charge in [-0.1, -0.05) is 43.7 Å². The van der Waals surface area contributed by atoms with Crippen LogP contribution in [-0.2, 0) is 0 Å². The van der Waals surface area contributed by atoms with E-state index in [0.717, 1.165) is 23.0 Å². The normalized spacial score (nSPS) is 13.6. The Kier molecular flexibility index (Phi) is 5.66. The molecule has 1 unspecified atom stereocenters. The van der Waals surface area contributed by atoms with Crippen LogP contribution in [0.5, 0.6) is 0 Å². The van der Waals surface area contributed by atoms with E-state index in [-0.39, 0.29) is 6.10 Å². The lowest BCUT2D eigenvalue weighted by Crippen LogP contribution is -2.41. The van der Waals surface area contributed by atoms with Gasteiger partial charge in [0.1, 0.15) is 0 Å². The standard InChI is InChI=1S/C15H26NO/c1-4-5-12-16(2,3)13-11-15(17)14-9-7-6-8-10-14/h6-10,15,17H,4-5,11-13H2,1-3H3/q+1. The van der Waals surface area contributed by atoms with Crippen molar-refractivity contribution in [2.24, 2.45) is 0 Å². The van der Waals surface area contributed by atoms with E-state index < -0.39 is 0 Å². The van der Waals surface area contributed by atoms with Gasteiger partial charge in [-0.15, -0.1) is 0 Å². The van der Waals surface area contributed by atoms with E-state index in [0.29, 0.717) is 0 Å². The maximum Gasteiger partial charge on any atom is 0.0843 e. The van der Waals surface area contributed by atoms with Crippen LogP contribution in [-0.4, -0.2) is 36.8 Å². The van der Waals surface area contributed by atoms with Crippen molar-refractivity contribution in [2.75, 3.05) is 27.2 Å². The number of aliphatic hydroxyl groups is 1. The summed E-state index contributed by atoms with van der Waals surface area (Å²) < 4.78 is 0.998. The number of unbranched alkanes of at least 4 members (excludes halogenated alkanes) is 1. The van der Waals surface area contributed by atoms with Crippen molar-refractivity contribution in [3.63, 3.8) is 0 Å². The quantitative estimate of drug-likeness (QED) is 0.722. The van der Waals surface area contributed by atoms with Gasteiger partial charge in [-0.3, -0.25) is 0 Å². The predicted molar refractivity (Wildman–Crippen MR) is 72.8 cm³/mol. The lowest BCUT2D eigenvalue weighted by molar-refractivity contribution is -0.891. The molecule has 0 bridgehead atoms. The highest BCUT2D eigenvalue weighted by atomic mass is 16.3. The largest absolute Gasteiger partial charge is 0.388 e. The van der Waals surface area contributed by atoms with Crippen molar-refractivity contribution in [1.29, 1.82) is 0 Å². The number of rotatable bonds is 7. The van der Waals surface area contributed by atoms with E-state index >= 15 is 0 Å². The number of hydrogen-bond acceptors (Lipinski definition) is 1. The molecule has 1 atom stereocenters. The summed E-state index contributed by atoms with van der Waals surface area (Å²) in [6.45, 7) is 4.44. The maximum atomic E-state index is 10.1. The second-order valence-corrected chi connectivity index (χ2v) is 5.45. The SMILES string of the molecule is CCCC[N+](C)(C)CCC(O)c1ccccc1. The third-order valence-electron chi connectivity index (χ3n) is 3.31. The summed E-state index contributed by atoms with van der Waals surface area (Å²) in [6.07, 6.45) is 3.01. The molecule has 0 aliphatic carbocycles. The molecule has 0 fully saturated rings. The molecule has 0 spiro atoms. The molecule has 1 aromatic carbocycles. The van der Waals surface area contributed by atoms with Gasteiger partial charge in [0.25, 0.3) is 0 Å². The Morgan fingerprint density at radius 2 is 1.76 bits per heavy atom. The molecule has 1 rings (SSSR count). The lowest BCUT2D eigenvalue weighted by Gasteiger charge is -2.30. The molecule has 0 radical (unpaired) electrons. The molecule has 1 N–H and O–H groups in total. The van der Waals surface area contributed by atoms with E-state index in [2.05, 4.69) is 21.0 Å². The molecule has 0 amide bonds. The first-order valence-corrected chi connectivity index (χ1v) is 6.60. The van der Waals surface area contributed by atoms with Crippen LogP contribution in [0, 0.1) is 0 Å². The number of benzene rings is 1. The fourth-order valence-corrected chi connectivity index (χ4v) is 2.01. The van der Waals surface area contributed by atoms with Crippen LogP contribution in [0.3, 0.4) is 0 Å². The van der Waals surface area contributed by atoms with Crippen LogP contribution < -0.4 is 0 Å². The van der Waals surface area contributed by atoms with Gasteiger partial charge in [0.05, 0.1) is 33.3 Å². The van der Waals surface area contributed by atoms with E-state index in [1.807, 2.05) is 30.3 Å². The van der Waals surface area contributed by atoms with Crippen LogP contribution in [0.25, 0.3) is 0 Å². The molecule has 2 nitrogen and oxygen atoms in total. The topological polar surface area (TPSA) is 20.2 Å². The average molecular weight is 236 g/mol. The summed E-state index contributed by atoms with van der Waals surface area (Å²) in [4.78, 5) is 0. The molecular formula is C15H26NO+. The first kappa shape index (κ1) is 14.2. The van der Waals surface area contributed by atoms with E-state index in [1.54, 1.807) is 0 Å². The first-order valence-electron chi connectivity index (χ1n) is 6.60. The van der Waals surface area contributed by atoms with E-state index in [9.17, 15) is 5.11 Å². The minimum absolute atomic E-state index is 0.324. The van der Waals surface area contributed by atoms with Gasteiger partial charge >= 0.3 is 0 Å². The molecule has 1 aromatic rings. The number of hydrogen-bond donors (Lipinski definition) is 1. The number of nitrogens with zero attached hydrogens (tertiary/aromatic N) is 1. The van der Waals surface area contributed by atoms with Crippen LogP contribution >= 0.6 is 0 Å². The molecule has 17 heavy (non-hydrogen) atoms. The molecule has 0 aliphatic rings. The van der Waals surface area contributed by atoms with Gasteiger partial charge in [-0.2, -0.15) is 0 Å². The smallest absolute Gasteiger partial charge is 0.0843 e. The summed E-state index contributed by atoms with van der Waals surface area (Å²) in [5.74, 6) is 0. The van der Waals surface area contributed by atoms with E-state index in [4.69, 9.17) is 0 Å². The summed E-state index contributed by atoms with van der Waals surface area (Å²) in [6, 6.07) is 9.94. The minimum Gasteiger partial charge on any atom is -0.388 e. The zero-order valence-electron chi connectivity index (χ0n) is 11.4.